The molecule has 2 rings (SSSR count). The first-order valence-corrected chi connectivity index (χ1v) is 6.84. The van der Waals surface area contributed by atoms with Crippen molar-refractivity contribution in [3.63, 3.8) is 0 Å². The summed E-state index contributed by atoms with van der Waals surface area (Å²) in [4.78, 5) is 1.51. The van der Waals surface area contributed by atoms with Crippen LogP contribution in [0.1, 0.15) is 11.6 Å². The number of halogens is 6. The van der Waals surface area contributed by atoms with Gasteiger partial charge < -0.3 is 5.32 Å². The fourth-order valence-corrected chi connectivity index (χ4v) is 2.90. The molecule has 1 saturated heterocycles. The van der Waals surface area contributed by atoms with Gasteiger partial charge in [0.05, 0.1) is 0 Å². The van der Waals surface area contributed by atoms with E-state index in [0.717, 1.165) is 0 Å². The topological polar surface area (TPSA) is 15.3 Å². The van der Waals surface area contributed by atoms with Crippen molar-refractivity contribution < 1.29 is 13.2 Å². The molecule has 1 aliphatic rings. The minimum atomic E-state index is -4.24. The molecule has 0 amide bonds. The monoisotopic (exact) mass is 442 g/mol. The molecular weight excluding hydrogens is 427 g/mol. The first-order valence-electron chi connectivity index (χ1n) is 5.76. The maximum atomic E-state index is 13.3. The summed E-state index contributed by atoms with van der Waals surface area (Å²) in [5, 5.41) is 3.08. The Labute approximate surface area is 142 Å². The van der Waals surface area contributed by atoms with Crippen LogP contribution in [-0.2, 0) is 0 Å². The van der Waals surface area contributed by atoms with E-state index >= 15 is 0 Å². The molecular formula is C12H16Cl2F3IN2. The lowest BCUT2D eigenvalue weighted by molar-refractivity contribution is -0.188. The van der Waals surface area contributed by atoms with E-state index in [1.54, 1.807) is 24.3 Å². The Morgan fingerprint density at radius 1 is 1.10 bits per heavy atom. The Hall–Kier alpha value is 0.240. The van der Waals surface area contributed by atoms with Crippen molar-refractivity contribution in [2.24, 2.45) is 0 Å². The van der Waals surface area contributed by atoms with E-state index in [4.69, 9.17) is 0 Å². The summed E-state index contributed by atoms with van der Waals surface area (Å²) in [6.45, 7) is 2.07. The van der Waals surface area contributed by atoms with Crippen LogP contribution < -0.4 is 5.32 Å². The van der Waals surface area contributed by atoms with Crippen molar-refractivity contribution in [3.8, 4) is 0 Å². The van der Waals surface area contributed by atoms with Crippen LogP contribution in [0.3, 0.4) is 0 Å². The molecule has 1 aromatic carbocycles. The average molecular weight is 443 g/mol. The summed E-state index contributed by atoms with van der Waals surface area (Å²) in [5.41, 5.74) is 0.354. The highest BCUT2D eigenvalue weighted by Crippen LogP contribution is 2.39. The van der Waals surface area contributed by atoms with Crippen molar-refractivity contribution in [1.82, 2.24) is 10.2 Å². The second kappa shape index (κ2) is 8.63. The Morgan fingerprint density at radius 3 is 2.15 bits per heavy atom. The molecule has 0 aromatic heterocycles. The summed E-state index contributed by atoms with van der Waals surface area (Å²) in [5.74, 6) is 0. The third kappa shape index (κ3) is 4.91. The molecule has 0 spiro atoms. The minimum Gasteiger partial charge on any atom is -0.314 e. The number of alkyl halides is 3. The van der Waals surface area contributed by atoms with Gasteiger partial charge in [0.2, 0.25) is 0 Å². The molecule has 1 aliphatic heterocycles. The molecule has 0 radical (unpaired) electrons. The zero-order valence-electron chi connectivity index (χ0n) is 10.5. The molecule has 0 aliphatic carbocycles. The number of hydrogen-bond donors (Lipinski definition) is 1. The fraction of sp³-hybridized carbons (Fsp3) is 0.500. The number of rotatable bonds is 2. The van der Waals surface area contributed by atoms with E-state index in [1.165, 1.54) is 4.90 Å². The third-order valence-electron chi connectivity index (χ3n) is 3.03. The molecule has 8 heteroatoms. The van der Waals surface area contributed by atoms with Crippen molar-refractivity contribution >= 4 is 47.4 Å². The second-order valence-corrected chi connectivity index (χ2v) is 5.41. The SMILES string of the molecule is Cl.Cl.FC(F)(F)[C@H](c1ccccc1I)N1CCNCC1. The Kier molecular flexibility index (Phi) is 8.73. The number of hydrogen-bond acceptors (Lipinski definition) is 2. The molecule has 2 nitrogen and oxygen atoms in total. The predicted octanol–water partition coefficient (Wildman–Crippen LogP) is 3.64. The maximum Gasteiger partial charge on any atom is 0.408 e. The van der Waals surface area contributed by atoms with Crippen LogP contribution in [0.4, 0.5) is 13.2 Å². The normalized spacial score (nSPS) is 17.8. The standard InChI is InChI=1S/C12H14F3IN2.2ClH/c13-12(14,15)11(18-7-5-17-6-8-18)9-3-1-2-4-10(9)16;;/h1-4,11,17H,5-8H2;2*1H/t11-;;/m0../s1. The van der Waals surface area contributed by atoms with Gasteiger partial charge in [-0.25, -0.2) is 0 Å². The van der Waals surface area contributed by atoms with Gasteiger partial charge in [-0.15, -0.1) is 24.8 Å². The van der Waals surface area contributed by atoms with E-state index in [-0.39, 0.29) is 24.8 Å². The largest absolute Gasteiger partial charge is 0.408 e. The Balaban J connectivity index is 0.00000180. The number of piperazine rings is 1. The summed E-state index contributed by atoms with van der Waals surface area (Å²) < 4.78 is 40.6. The first-order chi connectivity index (χ1) is 8.50. The Morgan fingerprint density at radius 2 is 1.65 bits per heavy atom. The summed E-state index contributed by atoms with van der Waals surface area (Å²) >= 11 is 1.97. The van der Waals surface area contributed by atoms with Gasteiger partial charge >= 0.3 is 6.18 Å². The highest BCUT2D eigenvalue weighted by molar-refractivity contribution is 14.1. The molecule has 1 fully saturated rings. The zero-order chi connectivity index (χ0) is 13.2. The van der Waals surface area contributed by atoms with Crippen LogP contribution in [0.5, 0.6) is 0 Å². The summed E-state index contributed by atoms with van der Waals surface area (Å²) in [7, 11) is 0. The van der Waals surface area contributed by atoms with Crippen molar-refractivity contribution in [2.45, 2.75) is 12.2 Å². The lowest BCUT2D eigenvalue weighted by atomic mass is 10.0. The van der Waals surface area contributed by atoms with Crippen LogP contribution in [0, 0.1) is 3.57 Å². The molecule has 1 aromatic rings. The summed E-state index contributed by atoms with van der Waals surface area (Å²) in [6.07, 6.45) is -4.24. The fourth-order valence-electron chi connectivity index (χ4n) is 2.22. The van der Waals surface area contributed by atoms with Crippen LogP contribution in [0.2, 0.25) is 0 Å². The molecule has 0 unspecified atom stereocenters. The first kappa shape index (κ1) is 20.2. The van der Waals surface area contributed by atoms with Gasteiger partial charge in [0.15, 0.2) is 0 Å². The molecule has 1 N–H and O–H groups in total. The Bertz CT molecular complexity index is 412. The van der Waals surface area contributed by atoms with E-state index in [0.29, 0.717) is 35.3 Å². The van der Waals surface area contributed by atoms with Gasteiger partial charge in [-0.05, 0) is 34.2 Å². The van der Waals surface area contributed by atoms with Crippen LogP contribution in [-0.4, -0.2) is 37.3 Å². The number of benzene rings is 1. The lowest BCUT2D eigenvalue weighted by Crippen LogP contribution is -2.49. The second-order valence-electron chi connectivity index (χ2n) is 4.25. The van der Waals surface area contributed by atoms with Crippen LogP contribution >= 0.6 is 47.4 Å². The van der Waals surface area contributed by atoms with Gasteiger partial charge in [0, 0.05) is 29.7 Å². The lowest BCUT2D eigenvalue weighted by Gasteiger charge is -2.36. The molecule has 20 heavy (non-hydrogen) atoms. The van der Waals surface area contributed by atoms with Gasteiger partial charge in [-0.3, -0.25) is 4.90 Å². The van der Waals surface area contributed by atoms with Crippen LogP contribution in [0.15, 0.2) is 24.3 Å². The molecule has 0 bridgehead atoms. The molecule has 0 saturated carbocycles. The average Bonchev–Trinajstić information content (AvgIpc) is 2.32. The van der Waals surface area contributed by atoms with Gasteiger partial charge in [-0.2, -0.15) is 13.2 Å². The quantitative estimate of drug-likeness (QED) is 0.703. The third-order valence-corrected chi connectivity index (χ3v) is 4.01. The molecule has 1 atom stereocenters. The maximum absolute atomic E-state index is 13.3. The van der Waals surface area contributed by atoms with Crippen molar-refractivity contribution in [2.75, 3.05) is 26.2 Å². The van der Waals surface area contributed by atoms with Gasteiger partial charge in [0.1, 0.15) is 6.04 Å². The zero-order valence-corrected chi connectivity index (χ0v) is 14.3. The highest BCUT2D eigenvalue weighted by atomic mass is 127. The molecule has 116 valence electrons. The summed E-state index contributed by atoms with van der Waals surface area (Å²) in [6, 6.07) is 5.22. The van der Waals surface area contributed by atoms with E-state index < -0.39 is 12.2 Å². The number of nitrogens with one attached hydrogen (secondary N) is 1. The van der Waals surface area contributed by atoms with Crippen LogP contribution in [0.25, 0.3) is 0 Å². The van der Waals surface area contributed by atoms with E-state index in [2.05, 4.69) is 5.32 Å². The van der Waals surface area contributed by atoms with Gasteiger partial charge in [0.25, 0.3) is 0 Å². The van der Waals surface area contributed by atoms with Crippen molar-refractivity contribution in [1.29, 1.82) is 0 Å². The van der Waals surface area contributed by atoms with Crippen molar-refractivity contribution in [3.05, 3.63) is 33.4 Å². The predicted molar refractivity (Wildman–Crippen MR) is 86.9 cm³/mol. The highest BCUT2D eigenvalue weighted by Gasteiger charge is 2.45. The minimum absolute atomic E-state index is 0. The smallest absolute Gasteiger partial charge is 0.314 e. The number of nitrogens with zero attached hydrogens (tertiary/aromatic N) is 1. The molecule has 1 heterocycles. The van der Waals surface area contributed by atoms with E-state index in [1.807, 2.05) is 22.6 Å². The van der Waals surface area contributed by atoms with E-state index in [9.17, 15) is 13.2 Å². The van der Waals surface area contributed by atoms with Gasteiger partial charge in [-0.1, -0.05) is 18.2 Å².